The highest BCUT2D eigenvalue weighted by Gasteiger charge is 2.25. The Labute approximate surface area is 193 Å². The molecule has 1 atom stereocenters. The average Bonchev–Trinajstić information content (AvgIpc) is 3.22. The minimum atomic E-state index is -0.669. The van der Waals surface area contributed by atoms with Crippen LogP contribution in [0, 0.1) is 5.92 Å². The van der Waals surface area contributed by atoms with Crippen molar-refractivity contribution in [2.75, 3.05) is 5.32 Å². The van der Waals surface area contributed by atoms with Gasteiger partial charge in [-0.05, 0) is 55.2 Å². The van der Waals surface area contributed by atoms with Gasteiger partial charge >= 0.3 is 0 Å². The van der Waals surface area contributed by atoms with Gasteiger partial charge in [0.15, 0.2) is 0 Å². The number of nitrogens with one attached hydrogen (secondary N) is 2. The summed E-state index contributed by atoms with van der Waals surface area (Å²) < 4.78 is 2.23. The number of aromatic nitrogens is 2. The van der Waals surface area contributed by atoms with E-state index in [0.29, 0.717) is 16.3 Å². The lowest BCUT2D eigenvalue weighted by atomic mass is 10.0. The first kappa shape index (κ1) is 22.1. The van der Waals surface area contributed by atoms with E-state index in [0.717, 1.165) is 30.0 Å². The van der Waals surface area contributed by atoms with E-state index >= 15 is 0 Å². The Morgan fingerprint density at radius 2 is 1.75 bits per heavy atom. The van der Waals surface area contributed by atoms with Crippen molar-refractivity contribution >= 4 is 29.1 Å². The van der Waals surface area contributed by atoms with Crippen molar-refractivity contribution in [2.24, 2.45) is 5.92 Å². The molecule has 0 saturated carbocycles. The molecular formula is C25H27ClN4O2. The predicted molar refractivity (Wildman–Crippen MR) is 127 cm³/mol. The zero-order chi connectivity index (χ0) is 22.7. The number of benzene rings is 2. The van der Waals surface area contributed by atoms with E-state index in [1.807, 2.05) is 38.1 Å². The first-order chi connectivity index (χ1) is 15.4. The summed E-state index contributed by atoms with van der Waals surface area (Å²) in [7, 11) is 0. The molecule has 4 rings (SSSR count). The second-order valence-corrected chi connectivity index (χ2v) is 8.90. The molecule has 0 spiro atoms. The third-order valence-electron chi connectivity index (χ3n) is 5.70. The van der Waals surface area contributed by atoms with Crippen molar-refractivity contribution in [3.63, 3.8) is 0 Å². The van der Waals surface area contributed by atoms with Crippen molar-refractivity contribution in [2.45, 2.75) is 45.7 Å². The van der Waals surface area contributed by atoms with Gasteiger partial charge in [0, 0.05) is 41.0 Å². The average molecular weight is 451 g/mol. The van der Waals surface area contributed by atoms with Gasteiger partial charge in [0.2, 0.25) is 5.91 Å². The summed E-state index contributed by atoms with van der Waals surface area (Å²) in [5, 5.41) is 6.30. The Kier molecular flexibility index (Phi) is 6.61. The Balaban J connectivity index is 1.42. The molecule has 166 valence electrons. The molecule has 7 heteroatoms. The number of amides is 2. The Bertz CT molecular complexity index is 1080. The van der Waals surface area contributed by atoms with E-state index in [-0.39, 0.29) is 17.7 Å². The topological polar surface area (TPSA) is 76.0 Å². The fourth-order valence-electron chi connectivity index (χ4n) is 3.86. The second-order valence-electron chi connectivity index (χ2n) is 8.46. The van der Waals surface area contributed by atoms with Gasteiger partial charge < -0.3 is 15.2 Å². The lowest BCUT2D eigenvalue weighted by Gasteiger charge is -2.22. The van der Waals surface area contributed by atoms with Gasteiger partial charge in [-0.2, -0.15) is 0 Å². The maximum absolute atomic E-state index is 12.9. The number of rotatable bonds is 6. The molecule has 1 aliphatic heterocycles. The molecule has 2 amide bonds. The van der Waals surface area contributed by atoms with Gasteiger partial charge in [-0.15, -0.1) is 0 Å². The minimum absolute atomic E-state index is 0.0811. The number of carbonyl (C=O) groups excluding carboxylic acids is 2. The summed E-state index contributed by atoms with van der Waals surface area (Å²) >= 11 is 5.89. The van der Waals surface area contributed by atoms with Crippen LogP contribution in [0.1, 0.15) is 42.9 Å². The second kappa shape index (κ2) is 9.57. The molecule has 2 heterocycles. The van der Waals surface area contributed by atoms with Crippen molar-refractivity contribution in [3.05, 3.63) is 71.1 Å². The van der Waals surface area contributed by atoms with Gasteiger partial charge in [-0.3, -0.25) is 9.59 Å². The number of aryl methyl sites for hydroxylation is 2. The highest BCUT2D eigenvalue weighted by Crippen LogP contribution is 2.24. The number of carbonyl (C=O) groups is 2. The molecule has 3 aromatic rings. The molecule has 32 heavy (non-hydrogen) atoms. The van der Waals surface area contributed by atoms with E-state index in [1.54, 1.807) is 24.3 Å². The van der Waals surface area contributed by atoms with Crippen molar-refractivity contribution in [1.29, 1.82) is 0 Å². The Morgan fingerprint density at radius 3 is 2.41 bits per heavy atom. The largest absolute Gasteiger partial charge is 0.340 e. The van der Waals surface area contributed by atoms with E-state index < -0.39 is 6.04 Å². The summed E-state index contributed by atoms with van der Waals surface area (Å²) in [6, 6.07) is 13.6. The fraction of sp³-hybridized carbons (Fsp3) is 0.320. The van der Waals surface area contributed by atoms with Crippen LogP contribution in [0.4, 0.5) is 5.69 Å². The van der Waals surface area contributed by atoms with Gasteiger partial charge in [0.05, 0.1) is 5.69 Å². The maximum atomic E-state index is 12.9. The van der Waals surface area contributed by atoms with Crippen LogP contribution in [0.25, 0.3) is 11.3 Å². The first-order valence-electron chi connectivity index (χ1n) is 10.9. The number of imidazole rings is 1. The van der Waals surface area contributed by atoms with Crippen molar-refractivity contribution in [1.82, 2.24) is 14.9 Å². The molecule has 0 radical (unpaired) electrons. The van der Waals surface area contributed by atoms with Crippen molar-refractivity contribution < 1.29 is 9.59 Å². The third kappa shape index (κ3) is 5.02. The molecule has 2 N–H and O–H groups in total. The number of hydrogen-bond donors (Lipinski definition) is 2. The lowest BCUT2D eigenvalue weighted by molar-refractivity contribution is -0.118. The number of fused-ring (bicyclic) bond motifs is 1. The van der Waals surface area contributed by atoms with Crippen LogP contribution >= 0.6 is 11.6 Å². The molecular weight excluding hydrogens is 424 g/mol. The third-order valence-corrected chi connectivity index (χ3v) is 5.95. The molecule has 0 saturated heterocycles. The van der Waals surface area contributed by atoms with Gasteiger partial charge in [0.25, 0.3) is 5.91 Å². The molecule has 0 aliphatic carbocycles. The molecule has 6 nitrogen and oxygen atoms in total. The lowest BCUT2D eigenvalue weighted by Crippen LogP contribution is -2.47. The summed E-state index contributed by atoms with van der Waals surface area (Å²) in [4.78, 5) is 30.2. The van der Waals surface area contributed by atoms with Gasteiger partial charge in [0.1, 0.15) is 11.9 Å². The normalized spacial score (nSPS) is 14.0. The highest BCUT2D eigenvalue weighted by atomic mass is 35.5. The van der Waals surface area contributed by atoms with E-state index in [2.05, 4.69) is 21.4 Å². The monoisotopic (exact) mass is 450 g/mol. The molecule has 2 aromatic carbocycles. The molecule has 0 bridgehead atoms. The molecule has 1 aliphatic rings. The van der Waals surface area contributed by atoms with Crippen LogP contribution in [0.5, 0.6) is 0 Å². The van der Waals surface area contributed by atoms with Gasteiger partial charge in [-0.1, -0.05) is 37.6 Å². The Morgan fingerprint density at radius 1 is 1.03 bits per heavy atom. The zero-order valence-electron chi connectivity index (χ0n) is 18.3. The molecule has 1 aromatic heterocycles. The summed E-state index contributed by atoms with van der Waals surface area (Å²) in [5.74, 6) is 0.490. The quantitative estimate of drug-likeness (QED) is 0.558. The summed E-state index contributed by atoms with van der Waals surface area (Å²) in [6.45, 7) is 4.82. The van der Waals surface area contributed by atoms with E-state index in [4.69, 9.17) is 16.6 Å². The fourth-order valence-corrected chi connectivity index (χ4v) is 3.98. The number of halogens is 1. The standard InChI is InChI=1S/C25H27ClN4O2/c1-16(2)23(29-24(31)18-6-10-19(26)11-7-18)25(32)27-20-12-8-17(9-13-20)21-15-30-14-4-3-5-22(30)28-21/h6-13,15-16,23H,3-5,14H2,1-2H3,(H,27,32)(H,29,31). The van der Waals surface area contributed by atoms with Crippen LogP contribution in [0.15, 0.2) is 54.7 Å². The van der Waals surface area contributed by atoms with Crippen LogP contribution in [-0.4, -0.2) is 27.4 Å². The number of nitrogens with zero attached hydrogens (tertiary/aromatic N) is 2. The molecule has 0 fully saturated rings. The highest BCUT2D eigenvalue weighted by molar-refractivity contribution is 6.30. The SMILES string of the molecule is CC(C)C(NC(=O)c1ccc(Cl)cc1)C(=O)Nc1ccc(-c2cn3c(n2)CCCC3)cc1. The predicted octanol–water partition coefficient (Wildman–Crippen LogP) is 4.93. The smallest absolute Gasteiger partial charge is 0.251 e. The molecule has 1 unspecified atom stereocenters. The summed E-state index contributed by atoms with van der Waals surface area (Å²) in [6.07, 6.45) is 5.50. The van der Waals surface area contributed by atoms with Crippen LogP contribution in [0.2, 0.25) is 5.02 Å². The van der Waals surface area contributed by atoms with Gasteiger partial charge in [-0.25, -0.2) is 4.98 Å². The first-order valence-corrected chi connectivity index (χ1v) is 11.3. The minimum Gasteiger partial charge on any atom is -0.340 e. The van der Waals surface area contributed by atoms with Crippen LogP contribution < -0.4 is 10.6 Å². The number of hydrogen-bond acceptors (Lipinski definition) is 3. The summed E-state index contributed by atoms with van der Waals surface area (Å²) in [5.41, 5.74) is 3.10. The zero-order valence-corrected chi connectivity index (χ0v) is 19.0. The maximum Gasteiger partial charge on any atom is 0.251 e. The Hall–Kier alpha value is -3.12. The van der Waals surface area contributed by atoms with Crippen LogP contribution in [0.3, 0.4) is 0 Å². The van der Waals surface area contributed by atoms with E-state index in [9.17, 15) is 9.59 Å². The van der Waals surface area contributed by atoms with Crippen LogP contribution in [-0.2, 0) is 17.8 Å². The number of anilines is 1. The van der Waals surface area contributed by atoms with E-state index in [1.165, 1.54) is 12.8 Å². The van der Waals surface area contributed by atoms with Crippen molar-refractivity contribution in [3.8, 4) is 11.3 Å².